The molecule has 0 aliphatic carbocycles. The molecule has 1 rings (SSSR count). The van der Waals surface area contributed by atoms with E-state index in [1.54, 1.807) is 0 Å². The quantitative estimate of drug-likeness (QED) is 0.841. The number of hydrogen-bond acceptors (Lipinski definition) is 3. The normalized spacial score (nSPS) is 13.7. The third kappa shape index (κ3) is 5.04. The summed E-state index contributed by atoms with van der Waals surface area (Å²) in [6.45, 7) is -1.08. The minimum atomic E-state index is -4.28. The van der Waals surface area contributed by atoms with E-state index in [2.05, 4.69) is 0 Å². The second-order valence-corrected chi connectivity index (χ2v) is 4.31. The summed E-state index contributed by atoms with van der Waals surface area (Å²) < 4.78 is 54.7. The fraction of sp³-hybridized carbons (Fsp3) is 0.500. The van der Waals surface area contributed by atoms with Crippen LogP contribution in [0.3, 0.4) is 0 Å². The monoisotopic (exact) mass is 280 g/mol. The van der Waals surface area contributed by atoms with Gasteiger partial charge in [-0.05, 0) is 24.7 Å². The van der Waals surface area contributed by atoms with E-state index in [0.717, 1.165) is 4.90 Å². The SMILES string of the molecule is COc1ccc(C(N)CN(C)CC(F)(F)F)cc1F. The maximum Gasteiger partial charge on any atom is 0.401 e. The Morgan fingerprint density at radius 2 is 2.00 bits per heavy atom. The molecule has 0 aliphatic rings. The molecule has 0 bridgehead atoms. The molecule has 0 saturated carbocycles. The minimum absolute atomic E-state index is 0.0225. The summed E-state index contributed by atoms with van der Waals surface area (Å²) in [5.74, 6) is -0.520. The topological polar surface area (TPSA) is 38.5 Å². The highest BCUT2D eigenvalue weighted by molar-refractivity contribution is 5.31. The van der Waals surface area contributed by atoms with Gasteiger partial charge in [-0.25, -0.2) is 4.39 Å². The van der Waals surface area contributed by atoms with Gasteiger partial charge in [0, 0.05) is 12.6 Å². The fourth-order valence-corrected chi connectivity index (χ4v) is 1.73. The summed E-state index contributed by atoms with van der Waals surface area (Å²) in [6, 6.07) is 3.40. The Morgan fingerprint density at radius 1 is 1.37 bits per heavy atom. The number of halogens is 4. The van der Waals surface area contributed by atoms with Crippen LogP contribution in [0.2, 0.25) is 0 Å². The van der Waals surface area contributed by atoms with Crippen molar-refractivity contribution in [2.45, 2.75) is 12.2 Å². The molecule has 0 spiro atoms. The number of alkyl halides is 3. The molecule has 1 atom stereocenters. The first-order chi connectivity index (χ1) is 8.73. The molecule has 19 heavy (non-hydrogen) atoms. The highest BCUT2D eigenvalue weighted by atomic mass is 19.4. The summed E-state index contributed by atoms with van der Waals surface area (Å²) in [6.07, 6.45) is -4.28. The summed E-state index contributed by atoms with van der Waals surface area (Å²) in [5, 5.41) is 0. The van der Waals surface area contributed by atoms with Crippen LogP contribution < -0.4 is 10.5 Å². The lowest BCUT2D eigenvalue weighted by Gasteiger charge is -2.22. The Morgan fingerprint density at radius 3 is 2.47 bits per heavy atom. The van der Waals surface area contributed by atoms with E-state index < -0.39 is 24.6 Å². The molecule has 0 fully saturated rings. The first kappa shape index (κ1) is 15.7. The molecule has 0 saturated heterocycles. The molecule has 0 aromatic heterocycles. The number of nitrogens with zero attached hydrogens (tertiary/aromatic N) is 1. The molecule has 3 nitrogen and oxygen atoms in total. The summed E-state index contributed by atoms with van der Waals surface area (Å²) >= 11 is 0. The van der Waals surface area contributed by atoms with Crippen LogP contribution in [0.4, 0.5) is 17.6 Å². The lowest BCUT2D eigenvalue weighted by Crippen LogP contribution is -2.36. The van der Waals surface area contributed by atoms with Gasteiger partial charge in [-0.15, -0.1) is 0 Å². The van der Waals surface area contributed by atoms with Crippen molar-refractivity contribution in [3.05, 3.63) is 29.6 Å². The molecule has 0 amide bonds. The third-order valence-corrected chi connectivity index (χ3v) is 2.56. The maximum absolute atomic E-state index is 13.4. The standard InChI is InChI=1S/C12H16F4N2O/c1-18(7-12(14,15)16)6-10(17)8-3-4-11(19-2)9(13)5-8/h3-5,10H,6-7,17H2,1-2H3. The van der Waals surface area contributed by atoms with Gasteiger partial charge in [-0.2, -0.15) is 13.2 Å². The van der Waals surface area contributed by atoms with E-state index in [4.69, 9.17) is 10.5 Å². The van der Waals surface area contributed by atoms with Crippen LogP contribution in [0.1, 0.15) is 11.6 Å². The van der Waals surface area contributed by atoms with E-state index in [-0.39, 0.29) is 12.3 Å². The summed E-state index contributed by atoms with van der Waals surface area (Å²) in [5.41, 5.74) is 6.18. The van der Waals surface area contributed by atoms with Gasteiger partial charge in [-0.3, -0.25) is 4.90 Å². The van der Waals surface area contributed by atoms with Crippen LogP contribution in [0.25, 0.3) is 0 Å². The minimum Gasteiger partial charge on any atom is -0.494 e. The summed E-state index contributed by atoms with van der Waals surface area (Å²) in [7, 11) is 2.64. The Bertz CT molecular complexity index is 423. The Kier molecular flexibility index (Phi) is 5.13. The molecule has 0 radical (unpaired) electrons. The number of methoxy groups -OCH3 is 1. The highest BCUT2D eigenvalue weighted by Crippen LogP contribution is 2.22. The fourth-order valence-electron chi connectivity index (χ4n) is 1.73. The van der Waals surface area contributed by atoms with E-state index >= 15 is 0 Å². The van der Waals surface area contributed by atoms with Crippen LogP contribution in [-0.4, -0.2) is 38.3 Å². The van der Waals surface area contributed by atoms with Crippen LogP contribution in [-0.2, 0) is 0 Å². The zero-order valence-electron chi connectivity index (χ0n) is 10.7. The molecule has 7 heteroatoms. The van der Waals surface area contributed by atoms with Crippen LogP contribution in [0.15, 0.2) is 18.2 Å². The number of likely N-dealkylation sites (N-methyl/N-ethyl adjacent to an activating group) is 1. The number of hydrogen-bond donors (Lipinski definition) is 1. The van der Waals surface area contributed by atoms with Gasteiger partial charge in [0.2, 0.25) is 0 Å². The van der Waals surface area contributed by atoms with Crippen molar-refractivity contribution in [3.63, 3.8) is 0 Å². The van der Waals surface area contributed by atoms with Crippen molar-refractivity contribution in [1.29, 1.82) is 0 Å². The number of nitrogens with two attached hydrogens (primary N) is 1. The highest BCUT2D eigenvalue weighted by Gasteiger charge is 2.29. The predicted molar refractivity (Wildman–Crippen MR) is 63.4 cm³/mol. The van der Waals surface area contributed by atoms with Crippen molar-refractivity contribution in [2.24, 2.45) is 5.73 Å². The molecule has 0 aliphatic heterocycles. The smallest absolute Gasteiger partial charge is 0.401 e. The largest absolute Gasteiger partial charge is 0.494 e. The first-order valence-corrected chi connectivity index (χ1v) is 5.57. The second kappa shape index (κ2) is 6.21. The molecule has 0 heterocycles. The van der Waals surface area contributed by atoms with Crippen molar-refractivity contribution in [1.82, 2.24) is 4.90 Å². The van der Waals surface area contributed by atoms with E-state index in [1.165, 1.54) is 32.4 Å². The van der Waals surface area contributed by atoms with Gasteiger partial charge < -0.3 is 10.5 Å². The number of rotatable bonds is 5. The van der Waals surface area contributed by atoms with E-state index in [1.807, 2.05) is 0 Å². The van der Waals surface area contributed by atoms with Crippen molar-refractivity contribution in [3.8, 4) is 5.75 Å². The zero-order valence-corrected chi connectivity index (χ0v) is 10.7. The van der Waals surface area contributed by atoms with Crippen molar-refractivity contribution >= 4 is 0 Å². The zero-order chi connectivity index (χ0) is 14.6. The second-order valence-electron chi connectivity index (χ2n) is 4.31. The predicted octanol–water partition coefficient (Wildman–Crippen LogP) is 2.33. The van der Waals surface area contributed by atoms with Crippen LogP contribution >= 0.6 is 0 Å². The maximum atomic E-state index is 13.4. The summed E-state index contributed by atoms with van der Waals surface area (Å²) in [4.78, 5) is 1.05. The van der Waals surface area contributed by atoms with Gasteiger partial charge >= 0.3 is 6.18 Å². The number of benzene rings is 1. The van der Waals surface area contributed by atoms with Crippen LogP contribution in [0.5, 0.6) is 5.75 Å². The Labute approximate surface area is 108 Å². The lowest BCUT2D eigenvalue weighted by molar-refractivity contribution is -0.143. The number of ether oxygens (including phenoxy) is 1. The first-order valence-electron chi connectivity index (χ1n) is 5.57. The van der Waals surface area contributed by atoms with E-state index in [0.29, 0.717) is 5.56 Å². The molecule has 2 N–H and O–H groups in total. The van der Waals surface area contributed by atoms with Crippen molar-refractivity contribution in [2.75, 3.05) is 27.2 Å². The molecular formula is C12H16F4N2O. The lowest BCUT2D eigenvalue weighted by atomic mass is 10.1. The Hall–Kier alpha value is -1.34. The molecule has 1 unspecified atom stereocenters. The van der Waals surface area contributed by atoms with Crippen LogP contribution in [0, 0.1) is 5.82 Å². The molecule has 1 aromatic carbocycles. The molecule has 1 aromatic rings. The molecular weight excluding hydrogens is 264 g/mol. The van der Waals surface area contributed by atoms with Gasteiger partial charge in [0.25, 0.3) is 0 Å². The Balaban J connectivity index is 2.68. The van der Waals surface area contributed by atoms with Gasteiger partial charge in [0.1, 0.15) is 0 Å². The van der Waals surface area contributed by atoms with E-state index in [9.17, 15) is 17.6 Å². The van der Waals surface area contributed by atoms with Gasteiger partial charge in [0.05, 0.1) is 13.7 Å². The van der Waals surface area contributed by atoms with Gasteiger partial charge in [-0.1, -0.05) is 6.07 Å². The average Bonchev–Trinajstić information content (AvgIpc) is 2.26. The van der Waals surface area contributed by atoms with Crippen molar-refractivity contribution < 1.29 is 22.3 Å². The third-order valence-electron chi connectivity index (χ3n) is 2.56. The molecule has 108 valence electrons. The van der Waals surface area contributed by atoms with Gasteiger partial charge in [0.15, 0.2) is 11.6 Å². The average molecular weight is 280 g/mol.